The molecule has 0 bridgehead atoms. The zero-order valence-corrected chi connectivity index (χ0v) is 7.57. The smallest absolute Gasteiger partial charge is 0.0773 e. The highest BCUT2D eigenvalue weighted by atomic mass is 15.1. The fourth-order valence-electron chi connectivity index (χ4n) is 1.85. The van der Waals surface area contributed by atoms with Crippen LogP contribution >= 0.6 is 0 Å². The summed E-state index contributed by atoms with van der Waals surface area (Å²) in [7, 11) is 0. The van der Waals surface area contributed by atoms with E-state index >= 15 is 0 Å². The van der Waals surface area contributed by atoms with Crippen LogP contribution in [0.25, 0.3) is 0 Å². The Morgan fingerprint density at radius 3 is 2.36 bits per heavy atom. The number of piperidine rings is 1. The molecule has 4 N–H and O–H groups in total. The Labute approximate surface area is 69.8 Å². The molecule has 0 aromatic carbocycles. The van der Waals surface area contributed by atoms with E-state index in [4.69, 9.17) is 0 Å². The Kier molecular flexibility index (Phi) is 4.55. The number of likely N-dealkylation sites (tertiary alicyclic amines) is 1. The summed E-state index contributed by atoms with van der Waals surface area (Å²) >= 11 is 0. The normalized spacial score (nSPS) is 20.5. The summed E-state index contributed by atoms with van der Waals surface area (Å²) in [6, 6.07) is 0. The van der Waals surface area contributed by atoms with Crippen LogP contribution in [0.15, 0.2) is 0 Å². The van der Waals surface area contributed by atoms with E-state index in [0.717, 1.165) is 6.54 Å². The summed E-state index contributed by atoms with van der Waals surface area (Å²) in [5.41, 5.74) is 3.86. The monoisotopic (exact) mass is 158 g/mol. The van der Waals surface area contributed by atoms with Crippen molar-refractivity contribution in [3.05, 3.63) is 0 Å². The minimum Gasteiger partial charge on any atom is -0.358 e. The summed E-state index contributed by atoms with van der Waals surface area (Å²) in [5.74, 6) is 0. The van der Waals surface area contributed by atoms with Crippen molar-refractivity contribution in [2.24, 2.45) is 0 Å². The number of hydrogen-bond acceptors (Lipinski definition) is 0. The van der Waals surface area contributed by atoms with Crippen LogP contribution in [0.3, 0.4) is 0 Å². The maximum absolute atomic E-state index is 3.86. The first kappa shape index (κ1) is 9.01. The van der Waals surface area contributed by atoms with Gasteiger partial charge in [0.2, 0.25) is 0 Å². The number of hydrogen-bond donors (Lipinski definition) is 2. The second-order valence-electron chi connectivity index (χ2n) is 3.62. The van der Waals surface area contributed by atoms with Crippen molar-refractivity contribution in [3.63, 3.8) is 0 Å². The lowest BCUT2D eigenvalue weighted by Crippen LogP contribution is -3.12. The van der Waals surface area contributed by atoms with Gasteiger partial charge < -0.3 is 10.6 Å². The summed E-state index contributed by atoms with van der Waals surface area (Å²) in [6.45, 7) is 5.37. The van der Waals surface area contributed by atoms with Gasteiger partial charge in [0.05, 0.1) is 26.2 Å². The van der Waals surface area contributed by atoms with E-state index < -0.39 is 0 Å². The van der Waals surface area contributed by atoms with Crippen LogP contribution in [0.5, 0.6) is 0 Å². The summed E-state index contributed by atoms with van der Waals surface area (Å²) in [6.07, 6.45) is 7.10. The van der Waals surface area contributed by atoms with Gasteiger partial charge in [-0.15, -0.1) is 0 Å². The molecule has 0 aromatic heterocycles. The zero-order valence-electron chi connectivity index (χ0n) is 7.57. The van der Waals surface area contributed by atoms with Crippen molar-refractivity contribution in [1.29, 1.82) is 0 Å². The van der Waals surface area contributed by atoms with Crippen LogP contribution in [-0.2, 0) is 0 Å². The third-order valence-corrected chi connectivity index (χ3v) is 2.59. The molecule has 1 rings (SSSR count). The molecule has 1 aliphatic heterocycles. The van der Waals surface area contributed by atoms with Crippen molar-refractivity contribution in [2.45, 2.75) is 32.1 Å². The van der Waals surface area contributed by atoms with E-state index in [1.807, 2.05) is 4.90 Å². The van der Waals surface area contributed by atoms with Gasteiger partial charge in [-0.05, 0) is 19.3 Å². The molecule has 2 heteroatoms. The van der Waals surface area contributed by atoms with E-state index in [1.54, 1.807) is 0 Å². The van der Waals surface area contributed by atoms with E-state index in [9.17, 15) is 0 Å². The summed E-state index contributed by atoms with van der Waals surface area (Å²) < 4.78 is 0. The number of unbranched alkanes of at least 4 members (excludes halogenated alkanes) is 1. The third kappa shape index (κ3) is 3.73. The van der Waals surface area contributed by atoms with Crippen molar-refractivity contribution < 1.29 is 10.6 Å². The molecule has 0 spiro atoms. The molecule has 66 valence electrons. The third-order valence-electron chi connectivity index (χ3n) is 2.59. The lowest BCUT2D eigenvalue weighted by Gasteiger charge is -2.23. The van der Waals surface area contributed by atoms with Gasteiger partial charge in [-0.25, -0.2) is 0 Å². The SMILES string of the molecule is [NH3+]CCCC[NH+]1CCCCC1. The molecule has 0 atom stereocenters. The molecule has 0 radical (unpaired) electrons. The molecule has 1 heterocycles. The highest BCUT2D eigenvalue weighted by molar-refractivity contribution is 4.46. The molecular weight excluding hydrogens is 136 g/mol. The highest BCUT2D eigenvalue weighted by Crippen LogP contribution is 1.94. The fraction of sp³-hybridized carbons (Fsp3) is 1.00. The Hall–Kier alpha value is -0.0800. The fourth-order valence-corrected chi connectivity index (χ4v) is 1.85. The Morgan fingerprint density at radius 1 is 1.00 bits per heavy atom. The average molecular weight is 158 g/mol. The first-order valence-corrected chi connectivity index (χ1v) is 5.06. The Bertz CT molecular complexity index is 87.6. The number of quaternary nitrogens is 2. The predicted molar refractivity (Wildman–Crippen MR) is 46.4 cm³/mol. The summed E-state index contributed by atoms with van der Waals surface area (Å²) in [5, 5.41) is 0. The molecule has 1 fully saturated rings. The molecule has 11 heavy (non-hydrogen) atoms. The second kappa shape index (κ2) is 5.56. The van der Waals surface area contributed by atoms with E-state index in [2.05, 4.69) is 5.73 Å². The van der Waals surface area contributed by atoms with Gasteiger partial charge >= 0.3 is 0 Å². The van der Waals surface area contributed by atoms with Crippen molar-refractivity contribution in [2.75, 3.05) is 26.2 Å². The van der Waals surface area contributed by atoms with Crippen LogP contribution in [0.1, 0.15) is 32.1 Å². The first-order valence-electron chi connectivity index (χ1n) is 5.06. The van der Waals surface area contributed by atoms with Crippen molar-refractivity contribution in [3.8, 4) is 0 Å². The van der Waals surface area contributed by atoms with E-state index in [-0.39, 0.29) is 0 Å². The van der Waals surface area contributed by atoms with Crippen LogP contribution in [0, 0.1) is 0 Å². The van der Waals surface area contributed by atoms with Gasteiger partial charge in [0.25, 0.3) is 0 Å². The van der Waals surface area contributed by atoms with Crippen LogP contribution in [-0.4, -0.2) is 26.2 Å². The quantitative estimate of drug-likeness (QED) is 0.496. The number of nitrogens with one attached hydrogen (secondary N) is 1. The van der Waals surface area contributed by atoms with Crippen LogP contribution in [0.4, 0.5) is 0 Å². The molecule has 1 saturated heterocycles. The van der Waals surface area contributed by atoms with Crippen molar-refractivity contribution >= 4 is 0 Å². The summed E-state index contributed by atoms with van der Waals surface area (Å²) in [4.78, 5) is 1.84. The van der Waals surface area contributed by atoms with Gasteiger partial charge in [-0.1, -0.05) is 0 Å². The topological polar surface area (TPSA) is 32.1 Å². The molecule has 0 aliphatic carbocycles. The average Bonchev–Trinajstić information content (AvgIpc) is 2.07. The lowest BCUT2D eigenvalue weighted by atomic mass is 10.1. The van der Waals surface area contributed by atoms with E-state index in [0.29, 0.717) is 0 Å². The molecule has 0 aromatic rings. The van der Waals surface area contributed by atoms with Gasteiger partial charge in [0.1, 0.15) is 0 Å². The standard InChI is InChI=1S/C9H20N2/c10-6-2-5-9-11-7-3-1-4-8-11/h1-10H2/p+2. The largest absolute Gasteiger partial charge is 0.358 e. The molecule has 0 unspecified atom stereocenters. The molecule has 2 nitrogen and oxygen atoms in total. The van der Waals surface area contributed by atoms with Gasteiger partial charge in [0, 0.05) is 12.8 Å². The number of rotatable bonds is 4. The molecule has 0 amide bonds. The molecular formula is C9H22N2+2. The van der Waals surface area contributed by atoms with Gasteiger partial charge in [-0.2, -0.15) is 0 Å². The molecule has 1 aliphatic rings. The van der Waals surface area contributed by atoms with Gasteiger partial charge in [0.15, 0.2) is 0 Å². The minimum atomic E-state index is 1.12. The van der Waals surface area contributed by atoms with Crippen molar-refractivity contribution in [1.82, 2.24) is 0 Å². The second-order valence-corrected chi connectivity index (χ2v) is 3.62. The highest BCUT2D eigenvalue weighted by Gasteiger charge is 2.11. The Balaban J connectivity index is 1.96. The zero-order chi connectivity index (χ0) is 7.94. The van der Waals surface area contributed by atoms with Crippen LogP contribution in [0.2, 0.25) is 0 Å². The maximum atomic E-state index is 3.86. The lowest BCUT2D eigenvalue weighted by molar-refractivity contribution is -0.905. The first-order chi connectivity index (χ1) is 5.43. The predicted octanol–water partition coefficient (Wildman–Crippen LogP) is -0.923. The van der Waals surface area contributed by atoms with E-state index in [1.165, 1.54) is 51.7 Å². The van der Waals surface area contributed by atoms with Gasteiger partial charge in [-0.3, -0.25) is 0 Å². The Morgan fingerprint density at radius 2 is 1.73 bits per heavy atom. The minimum absolute atomic E-state index is 1.12. The van der Waals surface area contributed by atoms with Crippen LogP contribution < -0.4 is 10.6 Å². The maximum Gasteiger partial charge on any atom is 0.0773 e. The molecule has 0 saturated carbocycles.